The van der Waals surface area contributed by atoms with E-state index in [-0.39, 0.29) is 16.7 Å². The van der Waals surface area contributed by atoms with Crippen LogP contribution in [0.15, 0.2) is 0 Å². The molecule has 0 rings (SSSR count). The number of ketones is 1. The van der Waals surface area contributed by atoms with Crippen LogP contribution in [-0.2, 0) is 9.59 Å². The predicted molar refractivity (Wildman–Crippen MR) is 37.0 cm³/mol. The van der Waals surface area contributed by atoms with Gasteiger partial charge in [-0.1, -0.05) is 11.8 Å². The molecule has 2 nitrogen and oxygen atoms in total. The van der Waals surface area contributed by atoms with Crippen LogP contribution in [0.5, 0.6) is 0 Å². The highest BCUT2D eigenvalue weighted by Crippen LogP contribution is 1.99. The Morgan fingerprint density at radius 3 is 2.56 bits per heavy atom. The van der Waals surface area contributed by atoms with Gasteiger partial charge in [-0.2, -0.15) is 0 Å². The SMILES string of the molecule is C#CC(=O)CSC(C)=O. The van der Waals surface area contributed by atoms with Crippen molar-refractivity contribution in [3.63, 3.8) is 0 Å². The average molecular weight is 142 g/mol. The molecule has 0 bridgehead atoms. The molecule has 0 radical (unpaired) electrons. The Balaban J connectivity index is 3.43. The molecule has 0 aromatic rings. The van der Waals surface area contributed by atoms with Crippen LogP contribution in [0.4, 0.5) is 0 Å². The van der Waals surface area contributed by atoms with Crippen molar-refractivity contribution < 1.29 is 9.59 Å². The second-order valence-electron chi connectivity index (χ2n) is 1.35. The first-order valence-electron chi connectivity index (χ1n) is 2.29. The Hall–Kier alpha value is -0.750. The van der Waals surface area contributed by atoms with E-state index in [1.165, 1.54) is 6.92 Å². The quantitative estimate of drug-likeness (QED) is 0.415. The molecule has 9 heavy (non-hydrogen) atoms. The number of Topliss-reactive ketones (excluding diaryl/α,β-unsaturated/α-hetero) is 1. The molecule has 0 N–H and O–H groups in total. The van der Waals surface area contributed by atoms with Crippen LogP contribution >= 0.6 is 11.8 Å². The van der Waals surface area contributed by atoms with Gasteiger partial charge in [0.1, 0.15) is 0 Å². The van der Waals surface area contributed by atoms with Gasteiger partial charge < -0.3 is 0 Å². The van der Waals surface area contributed by atoms with E-state index < -0.39 is 0 Å². The van der Waals surface area contributed by atoms with Crippen LogP contribution in [0.1, 0.15) is 6.92 Å². The Labute approximate surface area is 58.0 Å². The standard InChI is InChI=1S/C6H6O2S/c1-3-6(8)4-9-5(2)7/h1H,4H2,2H3. The van der Waals surface area contributed by atoms with E-state index >= 15 is 0 Å². The Bertz CT molecular complexity index is 166. The third kappa shape index (κ3) is 5.12. The maximum atomic E-state index is 10.3. The first-order valence-corrected chi connectivity index (χ1v) is 3.28. The monoisotopic (exact) mass is 142 g/mol. The summed E-state index contributed by atoms with van der Waals surface area (Å²) in [5.74, 6) is 1.67. The summed E-state index contributed by atoms with van der Waals surface area (Å²) in [4.78, 5) is 20.5. The molecule has 0 saturated heterocycles. The summed E-state index contributed by atoms with van der Waals surface area (Å²) in [6, 6.07) is 0. The van der Waals surface area contributed by atoms with Crippen molar-refractivity contribution in [2.75, 3.05) is 5.75 Å². The molecule has 0 aliphatic carbocycles. The summed E-state index contributed by atoms with van der Waals surface area (Å²) in [7, 11) is 0. The third-order valence-electron chi connectivity index (χ3n) is 0.568. The first kappa shape index (κ1) is 8.25. The molecule has 0 aromatic heterocycles. The molecule has 48 valence electrons. The normalized spacial score (nSPS) is 8.00. The summed E-state index contributed by atoms with van der Waals surface area (Å²) >= 11 is 0.933. The fourth-order valence-electron chi connectivity index (χ4n) is 0.209. The van der Waals surface area contributed by atoms with E-state index in [9.17, 15) is 9.59 Å². The van der Waals surface area contributed by atoms with Crippen LogP contribution < -0.4 is 0 Å². The van der Waals surface area contributed by atoms with E-state index in [0.29, 0.717) is 0 Å². The highest BCUT2D eigenvalue weighted by atomic mass is 32.2. The Kier molecular flexibility index (Phi) is 3.81. The van der Waals surface area contributed by atoms with Gasteiger partial charge in [0.2, 0.25) is 5.78 Å². The summed E-state index contributed by atoms with van der Waals surface area (Å²) in [5.41, 5.74) is 0. The molecule has 0 aromatic carbocycles. The van der Waals surface area contributed by atoms with E-state index in [2.05, 4.69) is 0 Å². The summed E-state index contributed by atoms with van der Waals surface area (Å²) in [6.07, 6.45) is 4.73. The lowest BCUT2D eigenvalue weighted by Gasteiger charge is -1.86. The van der Waals surface area contributed by atoms with Gasteiger partial charge in [0.05, 0.1) is 5.75 Å². The highest BCUT2D eigenvalue weighted by molar-refractivity contribution is 8.14. The highest BCUT2D eigenvalue weighted by Gasteiger charge is 1.98. The zero-order valence-corrected chi connectivity index (χ0v) is 5.83. The van der Waals surface area contributed by atoms with Crippen molar-refractivity contribution in [2.45, 2.75) is 6.92 Å². The lowest BCUT2D eigenvalue weighted by Crippen LogP contribution is -1.98. The van der Waals surface area contributed by atoms with Gasteiger partial charge >= 0.3 is 0 Å². The second kappa shape index (κ2) is 4.16. The van der Waals surface area contributed by atoms with Crippen LogP contribution in [0.2, 0.25) is 0 Å². The van der Waals surface area contributed by atoms with Gasteiger partial charge in [0, 0.05) is 6.92 Å². The fourth-order valence-corrected chi connectivity index (χ4v) is 0.627. The molecule has 0 aliphatic heterocycles. The molecule has 0 amide bonds. The summed E-state index contributed by atoms with van der Waals surface area (Å²) < 4.78 is 0. The van der Waals surface area contributed by atoms with Gasteiger partial charge in [-0.05, 0) is 5.92 Å². The van der Waals surface area contributed by atoms with E-state index in [1.54, 1.807) is 0 Å². The Morgan fingerprint density at radius 1 is 1.67 bits per heavy atom. The smallest absolute Gasteiger partial charge is 0.215 e. The minimum Gasteiger partial charge on any atom is -0.288 e. The molecule has 0 unspecified atom stereocenters. The van der Waals surface area contributed by atoms with Gasteiger partial charge in [-0.15, -0.1) is 6.42 Å². The van der Waals surface area contributed by atoms with Gasteiger partial charge in [-0.25, -0.2) is 0 Å². The van der Waals surface area contributed by atoms with Crippen molar-refractivity contribution in [1.29, 1.82) is 0 Å². The van der Waals surface area contributed by atoms with Gasteiger partial charge in [-0.3, -0.25) is 9.59 Å². The molecule has 0 spiro atoms. The third-order valence-corrected chi connectivity index (χ3v) is 1.38. The summed E-state index contributed by atoms with van der Waals surface area (Å²) in [5, 5.41) is -0.0846. The Morgan fingerprint density at radius 2 is 2.22 bits per heavy atom. The van der Waals surface area contributed by atoms with E-state index in [0.717, 1.165) is 11.8 Å². The maximum Gasteiger partial charge on any atom is 0.215 e. The molecule has 0 fully saturated rings. The second-order valence-corrected chi connectivity index (χ2v) is 2.50. The number of thioether (sulfide) groups is 1. The lowest BCUT2D eigenvalue weighted by atomic mass is 10.5. The molecule has 0 saturated carbocycles. The number of terminal acetylenes is 1. The minimum absolute atomic E-state index is 0.0846. The van der Waals surface area contributed by atoms with Gasteiger partial charge in [0.25, 0.3) is 0 Å². The summed E-state index contributed by atoms with van der Waals surface area (Å²) in [6.45, 7) is 1.40. The minimum atomic E-state index is -0.338. The molecular formula is C6H6O2S. The molecule has 0 heterocycles. The van der Waals surface area contributed by atoms with Crippen molar-refractivity contribution in [3.05, 3.63) is 0 Å². The lowest BCUT2D eigenvalue weighted by molar-refractivity contribution is -0.112. The van der Waals surface area contributed by atoms with Crippen molar-refractivity contribution in [1.82, 2.24) is 0 Å². The van der Waals surface area contributed by atoms with Gasteiger partial charge in [0.15, 0.2) is 5.12 Å². The van der Waals surface area contributed by atoms with Crippen molar-refractivity contribution in [3.8, 4) is 12.3 Å². The zero-order chi connectivity index (χ0) is 7.28. The molecule has 3 heteroatoms. The van der Waals surface area contributed by atoms with Crippen LogP contribution in [0.25, 0.3) is 0 Å². The molecular weight excluding hydrogens is 136 g/mol. The van der Waals surface area contributed by atoms with Crippen LogP contribution in [0, 0.1) is 12.3 Å². The zero-order valence-electron chi connectivity index (χ0n) is 5.01. The largest absolute Gasteiger partial charge is 0.288 e. The van der Waals surface area contributed by atoms with Crippen molar-refractivity contribution in [2.24, 2.45) is 0 Å². The number of carbonyl (C=O) groups excluding carboxylic acids is 2. The molecule has 0 atom stereocenters. The van der Waals surface area contributed by atoms with Crippen LogP contribution in [0.3, 0.4) is 0 Å². The van der Waals surface area contributed by atoms with Crippen LogP contribution in [-0.4, -0.2) is 16.7 Å². The van der Waals surface area contributed by atoms with Crippen molar-refractivity contribution >= 4 is 22.7 Å². The number of hydrogen-bond donors (Lipinski definition) is 0. The topological polar surface area (TPSA) is 34.1 Å². The predicted octanol–water partition coefficient (Wildman–Crippen LogP) is 0.468. The number of rotatable bonds is 2. The van der Waals surface area contributed by atoms with E-state index in [4.69, 9.17) is 6.42 Å². The molecule has 0 aliphatic rings. The average Bonchev–Trinajstić information content (AvgIpc) is 1.83. The van der Waals surface area contributed by atoms with E-state index in [1.807, 2.05) is 5.92 Å². The number of hydrogen-bond acceptors (Lipinski definition) is 3. The number of carbonyl (C=O) groups is 2. The maximum absolute atomic E-state index is 10.3. The fraction of sp³-hybridized carbons (Fsp3) is 0.333. The first-order chi connectivity index (χ1) is 4.16.